The first-order valence-electron chi connectivity index (χ1n) is 8.93. The van der Waals surface area contributed by atoms with Crippen LogP contribution in [0.25, 0.3) is 0 Å². The van der Waals surface area contributed by atoms with Gasteiger partial charge in [0.2, 0.25) is 10.0 Å². The Hall–Kier alpha value is -2.23. The van der Waals surface area contributed by atoms with Crippen molar-refractivity contribution in [2.75, 3.05) is 25.0 Å². The fraction of sp³-hybridized carbons (Fsp3) is 0.368. The number of aryl methyl sites for hydroxylation is 1. The Morgan fingerprint density at radius 2 is 1.79 bits per heavy atom. The van der Waals surface area contributed by atoms with Crippen LogP contribution in [0, 0.1) is 0 Å². The highest BCUT2D eigenvalue weighted by Crippen LogP contribution is 2.18. The molecule has 0 aliphatic rings. The van der Waals surface area contributed by atoms with Crippen LogP contribution in [0.3, 0.4) is 0 Å². The third-order valence-corrected chi connectivity index (χ3v) is 6.84. The van der Waals surface area contributed by atoms with Gasteiger partial charge in [0.25, 0.3) is 5.91 Å². The van der Waals surface area contributed by atoms with Crippen molar-refractivity contribution < 1.29 is 22.7 Å². The van der Waals surface area contributed by atoms with Crippen molar-refractivity contribution in [3.05, 3.63) is 46.7 Å². The number of anilines is 1. The van der Waals surface area contributed by atoms with Gasteiger partial charge in [0.05, 0.1) is 4.90 Å². The van der Waals surface area contributed by atoms with E-state index in [-0.39, 0.29) is 17.9 Å². The molecule has 0 atom stereocenters. The largest absolute Gasteiger partial charge is 0.456 e. The molecule has 2 rings (SSSR count). The highest BCUT2D eigenvalue weighted by molar-refractivity contribution is 7.89. The van der Waals surface area contributed by atoms with E-state index in [1.54, 1.807) is 25.2 Å². The summed E-state index contributed by atoms with van der Waals surface area (Å²) in [5.41, 5.74) is 1.49. The summed E-state index contributed by atoms with van der Waals surface area (Å²) in [6.07, 6.45) is 0.786. The van der Waals surface area contributed by atoms with Crippen LogP contribution in [-0.4, -0.2) is 44.3 Å². The summed E-state index contributed by atoms with van der Waals surface area (Å²) in [4.78, 5) is 23.8. The molecule has 1 aromatic carbocycles. The first-order chi connectivity index (χ1) is 13.4. The number of hydrogen-bond donors (Lipinski definition) is 1. The van der Waals surface area contributed by atoms with Crippen LogP contribution < -0.4 is 5.32 Å². The summed E-state index contributed by atoms with van der Waals surface area (Å²) in [7, 11) is -3.54. The highest BCUT2D eigenvalue weighted by Gasteiger charge is 2.21. The molecule has 1 N–H and O–H groups in total. The molecule has 0 spiro atoms. The van der Waals surface area contributed by atoms with Crippen LogP contribution in [-0.2, 0) is 30.8 Å². The molecule has 9 heteroatoms. The second kappa shape index (κ2) is 10.4. The second-order valence-electron chi connectivity index (χ2n) is 5.95. The fourth-order valence-corrected chi connectivity index (χ4v) is 4.68. The van der Waals surface area contributed by atoms with Gasteiger partial charge in [-0.3, -0.25) is 9.59 Å². The zero-order valence-electron chi connectivity index (χ0n) is 15.9. The van der Waals surface area contributed by atoms with Crippen molar-refractivity contribution in [1.82, 2.24) is 4.31 Å². The predicted molar refractivity (Wildman–Crippen MR) is 109 cm³/mol. The minimum Gasteiger partial charge on any atom is -0.456 e. The molecule has 0 bridgehead atoms. The first kappa shape index (κ1) is 22.1. The van der Waals surface area contributed by atoms with E-state index in [0.29, 0.717) is 25.2 Å². The summed E-state index contributed by atoms with van der Waals surface area (Å²) in [5, 5.41) is 6.48. The van der Waals surface area contributed by atoms with Gasteiger partial charge in [-0.15, -0.1) is 0 Å². The molecule has 0 aliphatic heterocycles. The Morgan fingerprint density at radius 1 is 1.11 bits per heavy atom. The zero-order chi connectivity index (χ0) is 20.6. The van der Waals surface area contributed by atoms with Gasteiger partial charge in [-0.05, 0) is 53.1 Å². The van der Waals surface area contributed by atoms with Crippen molar-refractivity contribution in [1.29, 1.82) is 0 Å². The number of thiophene rings is 1. The van der Waals surface area contributed by atoms with Crippen molar-refractivity contribution in [2.24, 2.45) is 0 Å². The molecule has 1 aromatic heterocycles. The van der Waals surface area contributed by atoms with Gasteiger partial charge >= 0.3 is 5.97 Å². The van der Waals surface area contributed by atoms with Crippen molar-refractivity contribution >= 4 is 38.9 Å². The summed E-state index contributed by atoms with van der Waals surface area (Å²) < 4.78 is 31.2. The Bertz CT molecular complexity index is 874. The number of ether oxygens (including phenoxy) is 1. The van der Waals surface area contributed by atoms with Crippen LogP contribution >= 0.6 is 11.3 Å². The third-order valence-electron chi connectivity index (χ3n) is 4.04. The number of nitrogens with one attached hydrogen (secondary N) is 1. The normalized spacial score (nSPS) is 11.4. The van der Waals surface area contributed by atoms with E-state index in [2.05, 4.69) is 5.32 Å². The molecule has 28 heavy (non-hydrogen) atoms. The Morgan fingerprint density at radius 3 is 2.36 bits per heavy atom. The van der Waals surface area contributed by atoms with Crippen LogP contribution in [0.15, 0.2) is 46.0 Å². The molecule has 0 radical (unpaired) electrons. The minimum atomic E-state index is -3.54. The number of esters is 1. The average Bonchev–Trinajstić information content (AvgIpc) is 3.19. The van der Waals surface area contributed by atoms with Crippen LogP contribution in [0.1, 0.15) is 25.8 Å². The maximum absolute atomic E-state index is 12.4. The van der Waals surface area contributed by atoms with E-state index in [1.807, 2.05) is 16.8 Å². The smallest absolute Gasteiger partial charge is 0.306 e. The molecular formula is C19H24N2O5S2. The molecule has 0 fully saturated rings. The lowest BCUT2D eigenvalue weighted by Crippen LogP contribution is -2.30. The molecule has 1 amide bonds. The molecule has 1 heterocycles. The molecule has 0 saturated carbocycles. The lowest BCUT2D eigenvalue weighted by Gasteiger charge is -2.18. The maximum Gasteiger partial charge on any atom is 0.306 e. The third kappa shape index (κ3) is 6.15. The van der Waals surface area contributed by atoms with E-state index in [9.17, 15) is 18.0 Å². The zero-order valence-corrected chi connectivity index (χ0v) is 17.5. The SMILES string of the molecule is CCN(CC)S(=O)(=O)c1ccc(NC(=O)COC(=O)CCc2ccsc2)cc1. The second-order valence-corrected chi connectivity index (χ2v) is 8.67. The van der Waals surface area contributed by atoms with Gasteiger partial charge in [-0.25, -0.2) is 8.42 Å². The molecule has 0 unspecified atom stereocenters. The summed E-state index contributed by atoms with van der Waals surface area (Å²) in [6.45, 7) is 3.93. The summed E-state index contributed by atoms with van der Waals surface area (Å²) >= 11 is 1.56. The first-order valence-corrected chi connectivity index (χ1v) is 11.3. The standard InChI is InChI=1S/C19H24N2O5S2/c1-3-21(4-2)28(24,25)17-8-6-16(7-9-17)20-18(22)13-26-19(23)10-5-15-11-12-27-14-15/h6-9,11-12,14H,3-5,10,13H2,1-2H3,(H,20,22). The van der Waals surface area contributed by atoms with E-state index in [0.717, 1.165) is 5.56 Å². The minimum absolute atomic E-state index is 0.161. The Balaban J connectivity index is 1.83. The Labute approximate surface area is 169 Å². The molecule has 2 aromatic rings. The summed E-state index contributed by atoms with van der Waals surface area (Å²) in [6, 6.07) is 7.83. The molecule has 0 saturated heterocycles. The number of benzene rings is 1. The number of hydrogen-bond acceptors (Lipinski definition) is 6. The van der Waals surface area contributed by atoms with Crippen LogP contribution in [0.2, 0.25) is 0 Å². The van der Waals surface area contributed by atoms with Gasteiger partial charge < -0.3 is 10.1 Å². The number of amides is 1. The number of carbonyl (C=O) groups is 2. The van der Waals surface area contributed by atoms with Gasteiger partial charge in [0.1, 0.15) is 0 Å². The molecule has 7 nitrogen and oxygen atoms in total. The topological polar surface area (TPSA) is 92.8 Å². The highest BCUT2D eigenvalue weighted by atomic mass is 32.2. The lowest BCUT2D eigenvalue weighted by atomic mass is 10.2. The van der Waals surface area contributed by atoms with Crippen LogP contribution in [0.5, 0.6) is 0 Å². The number of carbonyl (C=O) groups excluding carboxylic acids is 2. The van der Waals surface area contributed by atoms with E-state index in [1.165, 1.54) is 28.6 Å². The van der Waals surface area contributed by atoms with Gasteiger partial charge in [-0.1, -0.05) is 13.8 Å². The molecular weight excluding hydrogens is 400 g/mol. The monoisotopic (exact) mass is 424 g/mol. The number of rotatable bonds is 10. The predicted octanol–water partition coefficient (Wildman–Crippen LogP) is 2.89. The van der Waals surface area contributed by atoms with Crippen molar-refractivity contribution in [3.8, 4) is 0 Å². The Kier molecular flexibility index (Phi) is 8.16. The van der Waals surface area contributed by atoms with E-state index < -0.39 is 21.9 Å². The summed E-state index contributed by atoms with van der Waals surface area (Å²) in [5.74, 6) is -0.926. The molecule has 0 aliphatic carbocycles. The van der Waals surface area contributed by atoms with E-state index >= 15 is 0 Å². The quantitative estimate of drug-likeness (QED) is 0.592. The van der Waals surface area contributed by atoms with Gasteiger partial charge in [-0.2, -0.15) is 15.6 Å². The lowest BCUT2D eigenvalue weighted by molar-refractivity contribution is -0.147. The maximum atomic E-state index is 12.4. The average molecular weight is 425 g/mol. The van der Waals surface area contributed by atoms with Gasteiger partial charge in [0.15, 0.2) is 6.61 Å². The molecule has 152 valence electrons. The number of nitrogens with zero attached hydrogens (tertiary/aromatic N) is 1. The van der Waals surface area contributed by atoms with Crippen molar-refractivity contribution in [3.63, 3.8) is 0 Å². The van der Waals surface area contributed by atoms with Gasteiger partial charge in [0, 0.05) is 25.2 Å². The fourth-order valence-electron chi connectivity index (χ4n) is 2.52. The van der Waals surface area contributed by atoms with Crippen molar-refractivity contribution in [2.45, 2.75) is 31.6 Å². The van der Waals surface area contributed by atoms with E-state index in [4.69, 9.17) is 4.74 Å². The number of sulfonamides is 1. The van der Waals surface area contributed by atoms with Crippen LogP contribution in [0.4, 0.5) is 5.69 Å².